The average Bonchev–Trinajstić information content (AvgIpc) is 2.36. The number of benzene rings is 1. The number of halogens is 4. The number of carbonyl (C=O) groups is 2. The van der Waals surface area contributed by atoms with E-state index in [1.165, 1.54) is 26.2 Å². The molecule has 1 rings (SSSR count). The zero-order valence-corrected chi connectivity index (χ0v) is 13.0. The SMILES string of the molecule is CN(C)C(=O)CN(CC(F)(F)F)C(=O)c1ccc(Br)cc1. The van der Waals surface area contributed by atoms with Crippen molar-refractivity contribution in [3.63, 3.8) is 0 Å². The van der Waals surface area contributed by atoms with Crippen LogP contribution in [0.3, 0.4) is 0 Å². The molecule has 0 aromatic heterocycles. The van der Waals surface area contributed by atoms with Crippen LogP contribution in [0.25, 0.3) is 0 Å². The van der Waals surface area contributed by atoms with Crippen LogP contribution in [-0.2, 0) is 4.79 Å². The van der Waals surface area contributed by atoms with Crippen molar-refractivity contribution in [2.24, 2.45) is 0 Å². The third-order valence-electron chi connectivity index (χ3n) is 2.57. The fourth-order valence-corrected chi connectivity index (χ4v) is 1.76. The minimum Gasteiger partial charge on any atom is -0.347 e. The Hall–Kier alpha value is -1.57. The first-order valence-electron chi connectivity index (χ1n) is 5.92. The summed E-state index contributed by atoms with van der Waals surface area (Å²) in [7, 11) is 2.83. The summed E-state index contributed by atoms with van der Waals surface area (Å²) in [4.78, 5) is 25.3. The highest BCUT2D eigenvalue weighted by Gasteiger charge is 2.34. The summed E-state index contributed by atoms with van der Waals surface area (Å²) in [6, 6.07) is 5.89. The van der Waals surface area contributed by atoms with Crippen molar-refractivity contribution in [2.45, 2.75) is 6.18 Å². The number of hydrogen-bond donors (Lipinski definition) is 0. The second kappa shape index (κ2) is 6.93. The van der Waals surface area contributed by atoms with E-state index >= 15 is 0 Å². The minimum atomic E-state index is -4.57. The van der Waals surface area contributed by atoms with Gasteiger partial charge in [0.15, 0.2) is 0 Å². The molecule has 0 aliphatic heterocycles. The molecule has 0 heterocycles. The van der Waals surface area contributed by atoms with Gasteiger partial charge in [0.2, 0.25) is 5.91 Å². The maximum atomic E-state index is 12.6. The maximum Gasteiger partial charge on any atom is 0.406 e. The van der Waals surface area contributed by atoms with Gasteiger partial charge in [0.05, 0.1) is 0 Å². The van der Waals surface area contributed by atoms with E-state index in [2.05, 4.69) is 15.9 Å². The van der Waals surface area contributed by atoms with Crippen LogP contribution in [-0.4, -0.2) is 55.0 Å². The van der Waals surface area contributed by atoms with E-state index in [1.807, 2.05) is 0 Å². The second-order valence-electron chi connectivity index (χ2n) is 4.57. The van der Waals surface area contributed by atoms with Crippen LogP contribution < -0.4 is 0 Å². The largest absolute Gasteiger partial charge is 0.406 e. The molecular weight excluding hydrogens is 353 g/mol. The van der Waals surface area contributed by atoms with Gasteiger partial charge in [0, 0.05) is 24.1 Å². The van der Waals surface area contributed by atoms with Gasteiger partial charge in [0.25, 0.3) is 5.91 Å². The maximum absolute atomic E-state index is 12.6. The van der Waals surface area contributed by atoms with Crippen LogP contribution in [0.5, 0.6) is 0 Å². The van der Waals surface area contributed by atoms with Gasteiger partial charge in [-0.15, -0.1) is 0 Å². The normalized spacial score (nSPS) is 11.1. The van der Waals surface area contributed by atoms with Crippen LogP contribution in [0.2, 0.25) is 0 Å². The van der Waals surface area contributed by atoms with Crippen molar-refractivity contribution in [2.75, 3.05) is 27.2 Å². The standard InChI is InChI=1S/C13H14BrF3N2O2/c1-18(2)11(20)7-19(8-13(15,16)17)12(21)9-3-5-10(14)6-4-9/h3-6H,7-8H2,1-2H3. The van der Waals surface area contributed by atoms with Gasteiger partial charge in [-0.05, 0) is 24.3 Å². The third-order valence-corrected chi connectivity index (χ3v) is 3.10. The van der Waals surface area contributed by atoms with E-state index in [-0.39, 0.29) is 5.56 Å². The molecule has 0 spiro atoms. The first-order chi connectivity index (χ1) is 9.60. The quantitative estimate of drug-likeness (QED) is 0.821. The minimum absolute atomic E-state index is 0.0917. The van der Waals surface area contributed by atoms with Crippen molar-refractivity contribution in [3.8, 4) is 0 Å². The number of alkyl halides is 3. The van der Waals surface area contributed by atoms with Gasteiger partial charge in [-0.1, -0.05) is 15.9 Å². The number of rotatable bonds is 4. The molecule has 1 aromatic rings. The number of amides is 2. The number of likely N-dealkylation sites (N-methyl/N-ethyl adjacent to an activating group) is 1. The Labute approximate surface area is 128 Å². The molecule has 2 amide bonds. The zero-order chi connectivity index (χ0) is 16.2. The first-order valence-corrected chi connectivity index (χ1v) is 6.71. The van der Waals surface area contributed by atoms with Gasteiger partial charge < -0.3 is 9.80 Å². The van der Waals surface area contributed by atoms with Crippen LogP contribution in [0.15, 0.2) is 28.7 Å². The fraction of sp³-hybridized carbons (Fsp3) is 0.385. The number of hydrogen-bond acceptors (Lipinski definition) is 2. The number of nitrogens with zero attached hydrogens (tertiary/aromatic N) is 2. The van der Waals surface area contributed by atoms with E-state index in [0.29, 0.717) is 9.37 Å². The van der Waals surface area contributed by atoms with E-state index in [4.69, 9.17) is 0 Å². The highest BCUT2D eigenvalue weighted by molar-refractivity contribution is 9.10. The highest BCUT2D eigenvalue weighted by atomic mass is 79.9. The lowest BCUT2D eigenvalue weighted by Crippen LogP contribution is -2.44. The Morgan fingerprint density at radius 3 is 2.10 bits per heavy atom. The molecular formula is C13H14BrF3N2O2. The Balaban J connectivity index is 2.96. The molecule has 0 radical (unpaired) electrons. The molecule has 8 heteroatoms. The molecule has 4 nitrogen and oxygen atoms in total. The molecule has 0 aliphatic rings. The zero-order valence-electron chi connectivity index (χ0n) is 11.4. The van der Waals surface area contributed by atoms with Crippen LogP contribution in [0, 0.1) is 0 Å². The topological polar surface area (TPSA) is 40.6 Å². The summed E-state index contributed by atoms with van der Waals surface area (Å²) in [5.41, 5.74) is 0.0917. The van der Waals surface area contributed by atoms with Gasteiger partial charge in [-0.25, -0.2) is 0 Å². The van der Waals surface area contributed by atoms with E-state index in [0.717, 1.165) is 4.90 Å². The molecule has 0 saturated carbocycles. The van der Waals surface area contributed by atoms with Crippen LogP contribution >= 0.6 is 15.9 Å². The molecule has 21 heavy (non-hydrogen) atoms. The lowest BCUT2D eigenvalue weighted by Gasteiger charge is -2.25. The van der Waals surface area contributed by atoms with Crippen molar-refractivity contribution in [1.29, 1.82) is 0 Å². The summed E-state index contributed by atoms with van der Waals surface area (Å²) in [5.74, 6) is -1.42. The van der Waals surface area contributed by atoms with E-state index in [1.54, 1.807) is 12.1 Å². The summed E-state index contributed by atoms with van der Waals surface area (Å²) in [6.45, 7) is -2.09. The molecule has 0 saturated heterocycles. The van der Waals surface area contributed by atoms with Crippen LogP contribution in [0.4, 0.5) is 13.2 Å². The monoisotopic (exact) mass is 366 g/mol. The molecule has 0 atom stereocenters. The Morgan fingerprint density at radius 1 is 1.14 bits per heavy atom. The molecule has 0 unspecified atom stereocenters. The molecule has 0 fully saturated rings. The molecule has 0 aliphatic carbocycles. The van der Waals surface area contributed by atoms with Crippen molar-refractivity contribution in [3.05, 3.63) is 34.3 Å². The number of carbonyl (C=O) groups excluding carboxylic acids is 2. The van der Waals surface area contributed by atoms with Crippen molar-refractivity contribution in [1.82, 2.24) is 9.80 Å². The predicted molar refractivity (Wildman–Crippen MR) is 74.8 cm³/mol. The third kappa shape index (κ3) is 5.74. The van der Waals surface area contributed by atoms with Crippen LogP contribution in [0.1, 0.15) is 10.4 Å². The molecule has 0 N–H and O–H groups in total. The molecule has 116 valence electrons. The first kappa shape index (κ1) is 17.5. The summed E-state index contributed by atoms with van der Waals surface area (Å²) in [6.07, 6.45) is -4.57. The van der Waals surface area contributed by atoms with Crippen molar-refractivity contribution >= 4 is 27.7 Å². The molecule has 0 bridgehead atoms. The summed E-state index contributed by atoms with van der Waals surface area (Å²) in [5, 5.41) is 0. The fourth-order valence-electron chi connectivity index (χ4n) is 1.50. The Kier molecular flexibility index (Phi) is 5.77. The van der Waals surface area contributed by atoms with Gasteiger partial charge in [-0.2, -0.15) is 13.2 Å². The van der Waals surface area contributed by atoms with Crippen molar-refractivity contribution < 1.29 is 22.8 Å². The predicted octanol–water partition coefficient (Wildman–Crippen LogP) is 2.54. The second-order valence-corrected chi connectivity index (χ2v) is 5.49. The Morgan fingerprint density at radius 2 is 1.67 bits per heavy atom. The lowest BCUT2D eigenvalue weighted by atomic mass is 10.2. The van der Waals surface area contributed by atoms with Gasteiger partial charge >= 0.3 is 6.18 Å². The Bertz CT molecular complexity index is 515. The average molecular weight is 367 g/mol. The summed E-state index contributed by atoms with van der Waals surface area (Å²) >= 11 is 3.17. The lowest BCUT2D eigenvalue weighted by molar-refractivity contribution is -0.146. The van der Waals surface area contributed by atoms with Gasteiger partial charge in [0.1, 0.15) is 13.1 Å². The molecule has 1 aromatic carbocycles. The summed E-state index contributed by atoms with van der Waals surface area (Å²) < 4.78 is 38.4. The van der Waals surface area contributed by atoms with E-state index < -0.39 is 31.1 Å². The smallest absolute Gasteiger partial charge is 0.347 e. The van der Waals surface area contributed by atoms with Gasteiger partial charge in [-0.3, -0.25) is 9.59 Å². The van der Waals surface area contributed by atoms with E-state index in [9.17, 15) is 22.8 Å². The highest BCUT2D eigenvalue weighted by Crippen LogP contribution is 2.19.